The molecule has 8 heteroatoms. The number of amidine groups is 1. The molecule has 1 aromatic heterocycles. The second-order valence-corrected chi connectivity index (χ2v) is 10.9. The third-order valence-electron chi connectivity index (χ3n) is 7.37. The standard InChI is InChI=1S/C31H26N4O3S/c36-24-17-19-34-28(29(24)38-20-21-10-2-1-3-11-21)31(37)33-18-9-8-16-27(33)35(34)30-22-12-4-6-14-25(22)39-26-15-7-5-13-23(26)32-30/h1-7,10-15,17,19,27H,8-9,16,18,20H2. The molecule has 3 aliphatic rings. The smallest absolute Gasteiger partial charge is 0.278 e. The summed E-state index contributed by atoms with van der Waals surface area (Å²) in [6, 6.07) is 27.5. The van der Waals surface area contributed by atoms with Crippen LogP contribution in [-0.2, 0) is 6.61 Å². The first-order chi connectivity index (χ1) is 19.2. The predicted octanol–water partition coefficient (Wildman–Crippen LogP) is 5.57. The number of ether oxygens (including phenoxy) is 1. The molecule has 4 heterocycles. The number of amides is 1. The van der Waals surface area contributed by atoms with Crippen molar-refractivity contribution in [3.63, 3.8) is 0 Å². The Morgan fingerprint density at radius 1 is 0.872 bits per heavy atom. The summed E-state index contributed by atoms with van der Waals surface area (Å²) in [4.78, 5) is 36.4. The van der Waals surface area contributed by atoms with E-state index in [2.05, 4.69) is 23.2 Å². The molecular formula is C31H26N4O3S. The average molecular weight is 535 g/mol. The van der Waals surface area contributed by atoms with Crippen LogP contribution in [0.25, 0.3) is 0 Å². The van der Waals surface area contributed by atoms with E-state index in [9.17, 15) is 9.59 Å². The van der Waals surface area contributed by atoms with Crippen molar-refractivity contribution < 1.29 is 9.53 Å². The topological polar surface area (TPSA) is 67.1 Å². The van der Waals surface area contributed by atoms with Gasteiger partial charge in [0, 0.05) is 34.2 Å². The highest BCUT2D eigenvalue weighted by atomic mass is 32.2. The minimum atomic E-state index is -0.315. The number of para-hydroxylation sites is 1. The number of aliphatic imine (C=N–C) groups is 1. The van der Waals surface area contributed by atoms with Gasteiger partial charge in [0.25, 0.3) is 5.91 Å². The lowest BCUT2D eigenvalue weighted by Crippen LogP contribution is -2.64. The summed E-state index contributed by atoms with van der Waals surface area (Å²) in [5.74, 6) is 0.623. The zero-order valence-electron chi connectivity index (χ0n) is 21.2. The van der Waals surface area contributed by atoms with Crippen LogP contribution >= 0.6 is 11.8 Å². The fourth-order valence-electron chi connectivity index (χ4n) is 5.52. The fraction of sp³-hybridized carbons (Fsp3) is 0.194. The number of pyridine rings is 1. The number of aromatic nitrogens is 1. The van der Waals surface area contributed by atoms with Gasteiger partial charge in [-0.15, -0.1) is 0 Å². The molecule has 1 atom stereocenters. The number of carbonyl (C=O) groups is 1. The molecule has 0 N–H and O–H groups in total. The third-order valence-corrected chi connectivity index (χ3v) is 8.51. The maximum atomic E-state index is 14.0. The van der Waals surface area contributed by atoms with E-state index in [1.165, 1.54) is 6.07 Å². The van der Waals surface area contributed by atoms with Crippen molar-refractivity contribution in [3.8, 4) is 5.75 Å². The number of fused-ring (bicyclic) bond motifs is 4. The molecule has 1 fully saturated rings. The van der Waals surface area contributed by atoms with Crippen molar-refractivity contribution in [1.29, 1.82) is 0 Å². The van der Waals surface area contributed by atoms with Gasteiger partial charge >= 0.3 is 0 Å². The van der Waals surface area contributed by atoms with Gasteiger partial charge in [0.1, 0.15) is 12.8 Å². The van der Waals surface area contributed by atoms with Gasteiger partial charge in [0.05, 0.1) is 5.69 Å². The van der Waals surface area contributed by atoms with Crippen molar-refractivity contribution in [3.05, 3.63) is 118 Å². The van der Waals surface area contributed by atoms with Gasteiger partial charge in [-0.25, -0.2) is 14.7 Å². The Bertz CT molecular complexity index is 1670. The fourth-order valence-corrected chi connectivity index (χ4v) is 6.54. The summed E-state index contributed by atoms with van der Waals surface area (Å²) in [7, 11) is 0. The molecule has 3 aromatic carbocycles. The molecule has 194 valence electrons. The molecule has 7 nitrogen and oxygen atoms in total. The predicted molar refractivity (Wildman–Crippen MR) is 152 cm³/mol. The van der Waals surface area contributed by atoms with Gasteiger partial charge < -0.3 is 9.64 Å². The number of rotatable bonds is 3. The lowest BCUT2D eigenvalue weighted by molar-refractivity contribution is 0.0519. The normalized spacial score (nSPS) is 17.8. The van der Waals surface area contributed by atoms with Gasteiger partial charge in [0.15, 0.2) is 17.3 Å². The highest BCUT2D eigenvalue weighted by Crippen LogP contribution is 2.41. The number of benzene rings is 3. The van der Waals surface area contributed by atoms with Crippen LogP contribution in [0, 0.1) is 0 Å². The zero-order chi connectivity index (χ0) is 26.3. The van der Waals surface area contributed by atoms with Crippen molar-refractivity contribution in [1.82, 2.24) is 9.58 Å². The van der Waals surface area contributed by atoms with Crippen LogP contribution in [0.5, 0.6) is 5.75 Å². The largest absolute Gasteiger partial charge is 0.482 e. The highest BCUT2D eigenvalue weighted by Gasteiger charge is 2.43. The summed E-state index contributed by atoms with van der Waals surface area (Å²) >= 11 is 1.69. The molecular weight excluding hydrogens is 508 g/mol. The molecule has 0 bridgehead atoms. The van der Waals surface area contributed by atoms with Crippen molar-refractivity contribution in [2.45, 2.75) is 41.8 Å². The minimum absolute atomic E-state index is 0.0673. The van der Waals surface area contributed by atoms with Crippen molar-refractivity contribution in [2.24, 2.45) is 4.99 Å². The Labute approximate surface area is 230 Å². The molecule has 0 aliphatic carbocycles. The van der Waals surface area contributed by atoms with Crippen LogP contribution in [-0.4, -0.2) is 34.0 Å². The Morgan fingerprint density at radius 3 is 2.51 bits per heavy atom. The monoisotopic (exact) mass is 534 g/mol. The van der Waals surface area contributed by atoms with E-state index in [0.717, 1.165) is 51.7 Å². The summed E-state index contributed by atoms with van der Waals surface area (Å²) < 4.78 is 7.90. The third kappa shape index (κ3) is 4.12. The number of hydrogen-bond acceptors (Lipinski definition) is 6. The molecule has 0 radical (unpaired) electrons. The summed E-state index contributed by atoms with van der Waals surface area (Å²) in [6.45, 7) is 0.805. The SMILES string of the molecule is O=C1c2c(OCc3ccccc3)c(=O)ccn2N(C2=Nc3ccccc3Sc3ccccc32)C2CCCCN12. The Balaban J connectivity index is 1.43. The van der Waals surface area contributed by atoms with Crippen LogP contribution in [0.15, 0.2) is 111 Å². The van der Waals surface area contributed by atoms with Gasteiger partial charge in [-0.2, -0.15) is 0 Å². The first-order valence-corrected chi connectivity index (χ1v) is 14.0. The zero-order valence-corrected chi connectivity index (χ0v) is 22.0. The lowest BCUT2D eigenvalue weighted by Gasteiger charge is -2.48. The number of hydrogen-bond donors (Lipinski definition) is 0. The second-order valence-electron chi connectivity index (χ2n) is 9.80. The molecule has 1 unspecified atom stereocenters. The van der Waals surface area contributed by atoms with E-state index in [1.54, 1.807) is 22.6 Å². The number of nitrogens with zero attached hydrogens (tertiary/aromatic N) is 4. The maximum absolute atomic E-state index is 14.0. The lowest BCUT2D eigenvalue weighted by atomic mass is 10.0. The Morgan fingerprint density at radius 2 is 1.64 bits per heavy atom. The van der Waals surface area contributed by atoms with E-state index in [-0.39, 0.29) is 35.6 Å². The molecule has 0 saturated carbocycles. The van der Waals surface area contributed by atoms with E-state index in [0.29, 0.717) is 6.54 Å². The molecule has 7 rings (SSSR count). The van der Waals surface area contributed by atoms with E-state index in [1.807, 2.05) is 65.6 Å². The molecule has 39 heavy (non-hydrogen) atoms. The van der Waals surface area contributed by atoms with Gasteiger partial charge in [0.2, 0.25) is 5.43 Å². The van der Waals surface area contributed by atoms with Crippen LogP contribution in [0.3, 0.4) is 0 Å². The first-order valence-electron chi connectivity index (χ1n) is 13.2. The van der Waals surface area contributed by atoms with Crippen LogP contribution in [0.4, 0.5) is 5.69 Å². The molecule has 1 saturated heterocycles. The van der Waals surface area contributed by atoms with Crippen molar-refractivity contribution >= 4 is 29.2 Å². The Kier molecular flexibility index (Phi) is 5.97. The maximum Gasteiger partial charge on any atom is 0.278 e. The second kappa shape index (κ2) is 9.78. The number of piperidine rings is 1. The van der Waals surface area contributed by atoms with Crippen LogP contribution in [0.2, 0.25) is 0 Å². The average Bonchev–Trinajstić information content (AvgIpc) is 3.14. The first kappa shape index (κ1) is 23.8. The van der Waals surface area contributed by atoms with E-state index < -0.39 is 0 Å². The Hall–Kier alpha value is -4.30. The van der Waals surface area contributed by atoms with Crippen LogP contribution < -0.4 is 15.2 Å². The van der Waals surface area contributed by atoms with Crippen molar-refractivity contribution in [2.75, 3.05) is 11.6 Å². The highest BCUT2D eigenvalue weighted by molar-refractivity contribution is 7.99. The summed E-state index contributed by atoms with van der Waals surface area (Å²) in [6.07, 6.45) is 4.16. The molecule has 3 aliphatic heterocycles. The van der Waals surface area contributed by atoms with Gasteiger partial charge in [-0.1, -0.05) is 72.4 Å². The van der Waals surface area contributed by atoms with Crippen LogP contribution in [0.1, 0.15) is 40.9 Å². The molecule has 1 amide bonds. The summed E-state index contributed by atoms with van der Waals surface area (Å²) in [5, 5.41) is 2.09. The van der Waals surface area contributed by atoms with Gasteiger partial charge in [-0.05, 0) is 43.0 Å². The molecule has 4 aromatic rings. The quantitative estimate of drug-likeness (QED) is 0.344. The molecule has 0 spiro atoms. The van der Waals surface area contributed by atoms with E-state index >= 15 is 0 Å². The minimum Gasteiger partial charge on any atom is -0.482 e. The number of carbonyl (C=O) groups excluding carboxylic acids is 1. The van der Waals surface area contributed by atoms with Gasteiger partial charge in [-0.3, -0.25) is 9.59 Å². The summed E-state index contributed by atoms with van der Waals surface area (Å²) in [5.41, 5.74) is 2.70. The van der Waals surface area contributed by atoms with E-state index in [4.69, 9.17) is 9.73 Å².